The Hall–Kier alpha value is -2.13. The van der Waals surface area contributed by atoms with Crippen LogP contribution < -0.4 is 9.64 Å². The molecule has 0 unspecified atom stereocenters. The molecule has 1 saturated heterocycles. The summed E-state index contributed by atoms with van der Waals surface area (Å²) in [5, 5.41) is 10.5. The van der Waals surface area contributed by atoms with Gasteiger partial charge in [0.15, 0.2) is 0 Å². The van der Waals surface area contributed by atoms with Crippen LogP contribution in [0.1, 0.15) is 31.7 Å². The van der Waals surface area contributed by atoms with E-state index in [1.54, 1.807) is 6.20 Å². The highest BCUT2D eigenvalue weighted by Crippen LogP contribution is 2.39. The average molecular weight is 389 g/mol. The van der Waals surface area contributed by atoms with E-state index in [1.807, 2.05) is 25.1 Å². The molecule has 0 radical (unpaired) electrons. The van der Waals surface area contributed by atoms with Crippen molar-refractivity contribution in [3.63, 3.8) is 0 Å². The Bertz CT molecular complexity index is 898. The molecule has 2 aromatic rings. The average Bonchev–Trinajstić information content (AvgIpc) is 2.65. The molecule has 7 nitrogen and oxygen atoms in total. The lowest BCUT2D eigenvalue weighted by molar-refractivity contribution is 0.340. The third-order valence-electron chi connectivity index (χ3n) is 5.00. The Balaban J connectivity index is 1.82. The lowest BCUT2D eigenvalue weighted by atomic mass is 9.93. The molecule has 0 spiro atoms. The van der Waals surface area contributed by atoms with Gasteiger partial charge in [0.1, 0.15) is 11.8 Å². The standard InChI is InChI=1S/C19H24N3O4P/c1-2-26-16-3-4-17-18(11-16)21-13-15(12-20)19(17)22-8-5-14(6-9-22)7-10-27(23,24)25/h3-4,11,13-14H,2,5-10H2,1H3,(H2,23,24,25). The van der Waals surface area contributed by atoms with Crippen molar-refractivity contribution < 1.29 is 19.1 Å². The van der Waals surface area contributed by atoms with Gasteiger partial charge in [-0.05, 0) is 44.2 Å². The topological polar surface area (TPSA) is 107 Å². The third-order valence-corrected chi connectivity index (χ3v) is 5.84. The van der Waals surface area contributed by atoms with Gasteiger partial charge >= 0.3 is 7.60 Å². The van der Waals surface area contributed by atoms with Crippen LogP contribution in [0.4, 0.5) is 5.69 Å². The van der Waals surface area contributed by atoms with E-state index in [1.165, 1.54) is 0 Å². The zero-order valence-electron chi connectivity index (χ0n) is 15.3. The van der Waals surface area contributed by atoms with Crippen molar-refractivity contribution in [2.24, 2.45) is 5.92 Å². The summed E-state index contributed by atoms with van der Waals surface area (Å²) in [4.78, 5) is 24.7. The van der Waals surface area contributed by atoms with Gasteiger partial charge in [0.25, 0.3) is 0 Å². The Labute approximate surface area is 158 Å². The quantitative estimate of drug-likeness (QED) is 0.730. The third kappa shape index (κ3) is 4.78. The smallest absolute Gasteiger partial charge is 0.325 e. The van der Waals surface area contributed by atoms with Crippen LogP contribution in [0, 0.1) is 17.2 Å². The van der Waals surface area contributed by atoms with E-state index in [0.29, 0.717) is 24.5 Å². The van der Waals surface area contributed by atoms with E-state index in [9.17, 15) is 9.83 Å². The van der Waals surface area contributed by atoms with Crippen LogP contribution >= 0.6 is 7.60 Å². The van der Waals surface area contributed by atoms with E-state index in [4.69, 9.17) is 14.5 Å². The highest BCUT2D eigenvalue weighted by atomic mass is 31.2. The second-order valence-electron chi connectivity index (χ2n) is 6.85. The van der Waals surface area contributed by atoms with Gasteiger partial charge in [0.05, 0.1) is 29.5 Å². The number of piperidine rings is 1. The van der Waals surface area contributed by atoms with Crippen molar-refractivity contribution in [2.75, 3.05) is 30.8 Å². The van der Waals surface area contributed by atoms with Crippen molar-refractivity contribution in [1.82, 2.24) is 4.98 Å². The molecule has 3 rings (SSSR count). The second kappa shape index (κ2) is 8.26. The van der Waals surface area contributed by atoms with Crippen LogP contribution in [0.5, 0.6) is 5.75 Å². The Morgan fingerprint density at radius 1 is 1.37 bits per heavy atom. The zero-order valence-corrected chi connectivity index (χ0v) is 16.2. The molecule has 2 N–H and O–H groups in total. The number of anilines is 1. The molecular formula is C19H24N3O4P. The molecule has 0 atom stereocenters. The fourth-order valence-corrected chi connectivity index (χ4v) is 4.34. The van der Waals surface area contributed by atoms with Crippen LogP contribution in [-0.4, -0.2) is 40.6 Å². The predicted octanol–water partition coefficient (Wildman–Crippen LogP) is 3.29. The van der Waals surface area contributed by atoms with Crippen molar-refractivity contribution in [3.8, 4) is 11.8 Å². The lowest BCUT2D eigenvalue weighted by Gasteiger charge is -2.34. The van der Waals surface area contributed by atoms with E-state index < -0.39 is 7.60 Å². The highest BCUT2D eigenvalue weighted by Gasteiger charge is 2.25. The molecule has 1 aromatic carbocycles. The molecule has 27 heavy (non-hydrogen) atoms. The molecular weight excluding hydrogens is 365 g/mol. The van der Waals surface area contributed by atoms with Gasteiger partial charge in [-0.25, -0.2) is 0 Å². The van der Waals surface area contributed by atoms with E-state index in [0.717, 1.165) is 48.3 Å². The van der Waals surface area contributed by atoms with Gasteiger partial charge in [-0.2, -0.15) is 5.26 Å². The van der Waals surface area contributed by atoms with Crippen molar-refractivity contribution in [2.45, 2.75) is 26.2 Å². The summed E-state index contributed by atoms with van der Waals surface area (Å²) < 4.78 is 16.6. The van der Waals surface area contributed by atoms with Gasteiger partial charge in [-0.15, -0.1) is 0 Å². The molecule has 0 amide bonds. The Morgan fingerprint density at radius 2 is 2.11 bits per heavy atom. The van der Waals surface area contributed by atoms with E-state index in [-0.39, 0.29) is 6.16 Å². The Kier molecular flexibility index (Phi) is 6.01. The largest absolute Gasteiger partial charge is 0.494 e. The monoisotopic (exact) mass is 389 g/mol. The number of fused-ring (bicyclic) bond motifs is 1. The number of hydrogen-bond donors (Lipinski definition) is 2. The molecule has 144 valence electrons. The van der Waals surface area contributed by atoms with Gasteiger partial charge < -0.3 is 19.4 Å². The van der Waals surface area contributed by atoms with Crippen LogP contribution in [0.15, 0.2) is 24.4 Å². The molecule has 0 aliphatic carbocycles. The summed E-state index contributed by atoms with van der Waals surface area (Å²) in [6, 6.07) is 7.97. The minimum Gasteiger partial charge on any atom is -0.494 e. The number of benzene rings is 1. The SMILES string of the molecule is CCOc1ccc2c(N3CCC(CCP(=O)(O)O)CC3)c(C#N)cnc2c1. The minimum atomic E-state index is -3.94. The van der Waals surface area contributed by atoms with E-state index in [2.05, 4.69) is 16.0 Å². The second-order valence-corrected chi connectivity index (χ2v) is 8.63. The molecule has 1 aliphatic rings. The molecule has 1 aromatic heterocycles. The number of aromatic nitrogens is 1. The molecule has 8 heteroatoms. The maximum absolute atomic E-state index is 11.1. The first-order chi connectivity index (χ1) is 12.9. The maximum Gasteiger partial charge on any atom is 0.325 e. The Morgan fingerprint density at radius 3 is 2.74 bits per heavy atom. The molecule has 0 bridgehead atoms. The van der Waals surface area contributed by atoms with Crippen LogP contribution in [0.25, 0.3) is 10.9 Å². The predicted molar refractivity (Wildman–Crippen MR) is 104 cm³/mol. The fraction of sp³-hybridized carbons (Fsp3) is 0.474. The van der Waals surface area contributed by atoms with Gasteiger partial charge in [-0.3, -0.25) is 9.55 Å². The van der Waals surface area contributed by atoms with Crippen LogP contribution in [0.3, 0.4) is 0 Å². The lowest BCUT2D eigenvalue weighted by Crippen LogP contribution is -2.34. The van der Waals surface area contributed by atoms with Crippen molar-refractivity contribution in [1.29, 1.82) is 5.26 Å². The highest BCUT2D eigenvalue weighted by molar-refractivity contribution is 7.51. The summed E-state index contributed by atoms with van der Waals surface area (Å²) in [5.74, 6) is 1.06. The van der Waals surface area contributed by atoms with E-state index >= 15 is 0 Å². The summed E-state index contributed by atoms with van der Waals surface area (Å²) in [6.07, 6.45) is 3.79. The van der Waals surface area contributed by atoms with Crippen LogP contribution in [0.2, 0.25) is 0 Å². The summed E-state index contributed by atoms with van der Waals surface area (Å²) >= 11 is 0. The van der Waals surface area contributed by atoms with Crippen LogP contribution in [-0.2, 0) is 4.57 Å². The summed E-state index contributed by atoms with van der Waals surface area (Å²) in [5.41, 5.74) is 2.22. The zero-order chi connectivity index (χ0) is 19.4. The molecule has 0 saturated carbocycles. The minimum absolute atomic E-state index is 0.0560. The van der Waals surface area contributed by atoms with Gasteiger partial charge in [0.2, 0.25) is 0 Å². The normalized spacial score (nSPS) is 15.7. The first kappa shape index (κ1) is 19.6. The molecule has 1 fully saturated rings. The molecule has 2 heterocycles. The summed E-state index contributed by atoms with van der Waals surface area (Å²) in [7, 11) is -3.94. The number of nitrogens with zero attached hydrogens (tertiary/aromatic N) is 3. The number of nitriles is 1. The first-order valence-electron chi connectivity index (χ1n) is 9.16. The number of pyridine rings is 1. The van der Waals surface area contributed by atoms with Crippen molar-refractivity contribution in [3.05, 3.63) is 30.0 Å². The molecule has 1 aliphatic heterocycles. The maximum atomic E-state index is 11.1. The first-order valence-corrected chi connectivity index (χ1v) is 11.0. The number of ether oxygens (including phenoxy) is 1. The van der Waals surface area contributed by atoms with Gasteiger partial charge in [-0.1, -0.05) is 0 Å². The summed E-state index contributed by atoms with van der Waals surface area (Å²) in [6.45, 7) is 4.02. The number of rotatable bonds is 6. The van der Waals surface area contributed by atoms with Gasteiger partial charge in [0, 0.05) is 30.7 Å². The van der Waals surface area contributed by atoms with Crippen molar-refractivity contribution >= 4 is 24.2 Å². The number of hydrogen-bond acceptors (Lipinski definition) is 5. The fourth-order valence-electron chi connectivity index (χ4n) is 3.63.